The van der Waals surface area contributed by atoms with Crippen molar-refractivity contribution >= 4 is 21.6 Å². The number of benzene rings is 2. The van der Waals surface area contributed by atoms with Gasteiger partial charge in [-0.3, -0.25) is 4.79 Å². The van der Waals surface area contributed by atoms with Gasteiger partial charge in [0.25, 0.3) is 5.91 Å². The van der Waals surface area contributed by atoms with Crippen LogP contribution in [0, 0.1) is 5.92 Å². The minimum Gasteiger partial charge on any atom is -0.380 e. The normalized spacial score (nSPS) is 18.0. The first kappa shape index (κ1) is 20.5. The molecule has 1 aliphatic rings. The summed E-state index contributed by atoms with van der Waals surface area (Å²) < 4.78 is 32.3. The topological polar surface area (TPSA) is 75.7 Å². The van der Waals surface area contributed by atoms with Gasteiger partial charge < -0.3 is 10.1 Å². The highest BCUT2D eigenvalue weighted by Gasteiger charge is 2.28. The lowest BCUT2D eigenvalue weighted by molar-refractivity contribution is 0.102. The van der Waals surface area contributed by atoms with Crippen molar-refractivity contribution in [2.24, 2.45) is 5.92 Å². The first-order valence-electron chi connectivity index (χ1n) is 9.39. The summed E-state index contributed by atoms with van der Waals surface area (Å²) in [5, 5.41) is 2.80. The molecule has 150 valence electrons. The monoisotopic (exact) mass is 402 g/mol. The van der Waals surface area contributed by atoms with Crippen LogP contribution in [0.1, 0.15) is 35.7 Å². The fourth-order valence-corrected chi connectivity index (χ4v) is 4.99. The van der Waals surface area contributed by atoms with E-state index >= 15 is 0 Å². The number of anilines is 1. The van der Waals surface area contributed by atoms with Crippen molar-refractivity contribution in [1.82, 2.24) is 4.31 Å². The van der Waals surface area contributed by atoms with E-state index in [1.807, 2.05) is 6.07 Å². The number of piperidine rings is 1. The zero-order valence-electron chi connectivity index (χ0n) is 16.2. The molecule has 0 aromatic heterocycles. The molecule has 1 aliphatic heterocycles. The van der Waals surface area contributed by atoms with Crippen LogP contribution in [0.5, 0.6) is 0 Å². The van der Waals surface area contributed by atoms with Crippen LogP contribution in [-0.2, 0) is 21.4 Å². The smallest absolute Gasteiger partial charge is 0.255 e. The van der Waals surface area contributed by atoms with Crippen molar-refractivity contribution in [2.45, 2.75) is 31.3 Å². The largest absolute Gasteiger partial charge is 0.380 e. The van der Waals surface area contributed by atoms with Gasteiger partial charge in [0, 0.05) is 31.5 Å². The zero-order chi connectivity index (χ0) is 20.1. The van der Waals surface area contributed by atoms with Gasteiger partial charge in [-0.1, -0.05) is 19.1 Å². The molecule has 0 bridgehead atoms. The summed E-state index contributed by atoms with van der Waals surface area (Å²) in [4.78, 5) is 12.7. The number of rotatable bonds is 6. The van der Waals surface area contributed by atoms with E-state index in [1.165, 1.54) is 0 Å². The van der Waals surface area contributed by atoms with Gasteiger partial charge >= 0.3 is 0 Å². The van der Waals surface area contributed by atoms with Gasteiger partial charge in [0.1, 0.15) is 0 Å². The van der Waals surface area contributed by atoms with E-state index in [4.69, 9.17) is 4.74 Å². The molecule has 0 radical (unpaired) electrons. The van der Waals surface area contributed by atoms with E-state index in [2.05, 4.69) is 12.2 Å². The predicted octanol–water partition coefficient (Wildman–Crippen LogP) is 3.51. The number of carbonyl (C=O) groups is 1. The molecule has 1 atom stereocenters. The maximum absolute atomic E-state index is 12.8. The van der Waals surface area contributed by atoms with Crippen LogP contribution >= 0.6 is 0 Å². The van der Waals surface area contributed by atoms with Gasteiger partial charge in [0.2, 0.25) is 10.0 Å². The van der Waals surface area contributed by atoms with Gasteiger partial charge in [0.05, 0.1) is 11.5 Å². The number of nitrogens with zero attached hydrogens (tertiary/aromatic N) is 1. The van der Waals surface area contributed by atoms with E-state index in [0.717, 1.165) is 18.4 Å². The van der Waals surface area contributed by atoms with Gasteiger partial charge in [-0.2, -0.15) is 4.31 Å². The molecular weight excluding hydrogens is 376 g/mol. The number of hydrogen-bond donors (Lipinski definition) is 1. The summed E-state index contributed by atoms with van der Waals surface area (Å²) in [6.45, 7) is 3.62. The Morgan fingerprint density at radius 3 is 2.64 bits per heavy atom. The van der Waals surface area contributed by atoms with Gasteiger partial charge in [0.15, 0.2) is 0 Å². The molecule has 6 nitrogen and oxygen atoms in total. The lowest BCUT2D eigenvalue weighted by Gasteiger charge is -2.30. The molecule has 2 aromatic carbocycles. The van der Waals surface area contributed by atoms with Crippen molar-refractivity contribution in [2.75, 3.05) is 25.5 Å². The Bertz CT molecular complexity index is 926. The molecule has 7 heteroatoms. The summed E-state index contributed by atoms with van der Waals surface area (Å²) in [5.41, 5.74) is 1.98. The molecule has 2 aromatic rings. The van der Waals surface area contributed by atoms with Crippen LogP contribution in [0.15, 0.2) is 53.4 Å². The summed E-state index contributed by atoms with van der Waals surface area (Å²) >= 11 is 0. The van der Waals surface area contributed by atoms with Crippen LogP contribution < -0.4 is 5.32 Å². The third-order valence-electron chi connectivity index (χ3n) is 4.87. The molecule has 0 spiro atoms. The standard InChI is InChI=1S/C21H26N2O4S/c1-16-5-4-12-23(14-16)28(25,26)20-10-8-19(9-11-20)22-21(24)18-7-3-6-17(13-18)15-27-2/h3,6-11,13,16H,4-5,12,14-15H2,1-2H3,(H,22,24). The second-order valence-electron chi connectivity index (χ2n) is 7.22. The lowest BCUT2D eigenvalue weighted by atomic mass is 10.0. The molecular formula is C21H26N2O4S. The number of nitrogens with one attached hydrogen (secondary N) is 1. The van der Waals surface area contributed by atoms with Crippen LogP contribution in [-0.4, -0.2) is 38.8 Å². The average molecular weight is 403 g/mol. The highest BCUT2D eigenvalue weighted by atomic mass is 32.2. The molecule has 1 fully saturated rings. The van der Waals surface area contributed by atoms with E-state index in [1.54, 1.807) is 53.9 Å². The second kappa shape index (κ2) is 8.86. The minimum absolute atomic E-state index is 0.251. The summed E-state index contributed by atoms with van der Waals surface area (Å²) in [7, 11) is -1.89. The SMILES string of the molecule is COCc1cccc(C(=O)Nc2ccc(S(=O)(=O)N3CCCC(C)C3)cc2)c1. The van der Waals surface area contributed by atoms with E-state index in [-0.39, 0.29) is 10.8 Å². The molecule has 28 heavy (non-hydrogen) atoms. The first-order chi connectivity index (χ1) is 13.4. The Hall–Kier alpha value is -2.22. The molecule has 1 heterocycles. The molecule has 1 saturated heterocycles. The predicted molar refractivity (Wildman–Crippen MR) is 109 cm³/mol. The maximum atomic E-state index is 12.8. The van der Waals surface area contributed by atoms with Crippen molar-refractivity contribution in [3.05, 3.63) is 59.7 Å². The van der Waals surface area contributed by atoms with E-state index in [9.17, 15) is 13.2 Å². The highest BCUT2D eigenvalue weighted by Crippen LogP contribution is 2.24. The maximum Gasteiger partial charge on any atom is 0.255 e. The third kappa shape index (κ3) is 4.79. The van der Waals surface area contributed by atoms with Crippen LogP contribution in [0.4, 0.5) is 5.69 Å². The Kier molecular flexibility index (Phi) is 6.49. The van der Waals surface area contributed by atoms with Gasteiger partial charge in [-0.25, -0.2) is 8.42 Å². The Morgan fingerprint density at radius 1 is 1.21 bits per heavy atom. The van der Waals surface area contributed by atoms with Crippen LogP contribution in [0.25, 0.3) is 0 Å². The van der Waals surface area contributed by atoms with Crippen molar-refractivity contribution in [3.8, 4) is 0 Å². The van der Waals surface area contributed by atoms with Gasteiger partial charge in [-0.05, 0) is 60.7 Å². The van der Waals surface area contributed by atoms with Crippen LogP contribution in [0.3, 0.4) is 0 Å². The number of hydrogen-bond acceptors (Lipinski definition) is 4. The first-order valence-corrected chi connectivity index (χ1v) is 10.8. The average Bonchev–Trinajstić information content (AvgIpc) is 2.69. The number of carbonyl (C=O) groups excluding carboxylic acids is 1. The molecule has 3 rings (SSSR count). The van der Waals surface area contributed by atoms with E-state index in [0.29, 0.717) is 36.9 Å². The van der Waals surface area contributed by atoms with Gasteiger partial charge in [-0.15, -0.1) is 0 Å². The number of amides is 1. The molecule has 0 saturated carbocycles. The number of methoxy groups -OCH3 is 1. The van der Waals surface area contributed by atoms with Crippen molar-refractivity contribution in [3.63, 3.8) is 0 Å². The van der Waals surface area contributed by atoms with Crippen molar-refractivity contribution in [1.29, 1.82) is 0 Å². The lowest BCUT2D eigenvalue weighted by Crippen LogP contribution is -2.39. The molecule has 1 N–H and O–H groups in total. The zero-order valence-corrected chi connectivity index (χ0v) is 17.0. The fourth-order valence-electron chi connectivity index (χ4n) is 3.40. The number of sulfonamides is 1. The van der Waals surface area contributed by atoms with Crippen molar-refractivity contribution < 1.29 is 17.9 Å². The van der Waals surface area contributed by atoms with E-state index < -0.39 is 10.0 Å². The minimum atomic E-state index is -3.50. The number of ether oxygens (including phenoxy) is 1. The second-order valence-corrected chi connectivity index (χ2v) is 9.16. The Morgan fingerprint density at radius 2 is 1.96 bits per heavy atom. The Balaban J connectivity index is 1.70. The Labute approximate surface area is 166 Å². The fraction of sp³-hybridized carbons (Fsp3) is 0.381. The third-order valence-corrected chi connectivity index (χ3v) is 6.75. The quantitative estimate of drug-likeness (QED) is 0.802. The summed E-state index contributed by atoms with van der Waals surface area (Å²) in [6, 6.07) is 13.5. The summed E-state index contributed by atoms with van der Waals surface area (Å²) in [5.74, 6) is 0.120. The highest BCUT2D eigenvalue weighted by molar-refractivity contribution is 7.89. The summed E-state index contributed by atoms with van der Waals surface area (Å²) in [6.07, 6.45) is 1.94. The van der Waals surface area contributed by atoms with Crippen LogP contribution in [0.2, 0.25) is 0 Å². The molecule has 0 aliphatic carbocycles. The molecule has 1 unspecified atom stereocenters. The molecule has 1 amide bonds.